The second-order valence-corrected chi connectivity index (χ2v) is 7.55. The molecule has 2 N–H and O–H groups in total. The van der Waals surface area contributed by atoms with Crippen molar-refractivity contribution in [2.24, 2.45) is 0 Å². The van der Waals surface area contributed by atoms with Crippen molar-refractivity contribution < 1.29 is 19.0 Å². The lowest BCUT2D eigenvalue weighted by atomic mass is 9.79. The molecule has 1 unspecified atom stereocenters. The summed E-state index contributed by atoms with van der Waals surface area (Å²) in [7, 11) is 1.66. The highest BCUT2D eigenvalue weighted by molar-refractivity contribution is 6.30. The van der Waals surface area contributed by atoms with E-state index in [9.17, 15) is 9.50 Å². The summed E-state index contributed by atoms with van der Waals surface area (Å²) in [6.45, 7) is 2.36. The fraction of sp³-hybridized carbons (Fsp3) is 0.455. The van der Waals surface area contributed by atoms with Gasteiger partial charge in [0.1, 0.15) is 17.5 Å². The van der Waals surface area contributed by atoms with Crippen LogP contribution in [-0.4, -0.2) is 44.6 Å². The van der Waals surface area contributed by atoms with Crippen molar-refractivity contribution in [2.75, 3.05) is 33.4 Å². The van der Waals surface area contributed by atoms with E-state index >= 15 is 0 Å². The van der Waals surface area contributed by atoms with Gasteiger partial charge in [0.25, 0.3) is 0 Å². The number of hydrogen-bond donors (Lipinski definition) is 2. The Balaban J connectivity index is 2.05. The lowest BCUT2D eigenvalue weighted by Gasteiger charge is -2.40. The van der Waals surface area contributed by atoms with Crippen molar-refractivity contribution in [1.82, 2.24) is 5.32 Å². The van der Waals surface area contributed by atoms with Crippen LogP contribution in [0.1, 0.15) is 24.8 Å². The van der Waals surface area contributed by atoms with Crippen LogP contribution in [0.2, 0.25) is 5.02 Å². The van der Waals surface area contributed by atoms with Crippen LogP contribution in [0, 0.1) is 5.82 Å². The van der Waals surface area contributed by atoms with Crippen LogP contribution in [0.15, 0.2) is 42.5 Å². The van der Waals surface area contributed by atoms with Crippen molar-refractivity contribution >= 4 is 11.6 Å². The summed E-state index contributed by atoms with van der Waals surface area (Å²) in [5.74, 6) is -0.390. The first-order valence-corrected chi connectivity index (χ1v) is 10.0. The van der Waals surface area contributed by atoms with E-state index in [4.69, 9.17) is 21.1 Å². The number of nitrogens with one attached hydrogen (secondary N) is 1. The van der Waals surface area contributed by atoms with Crippen LogP contribution in [0.4, 0.5) is 4.39 Å². The molecule has 1 heterocycles. The molecule has 0 bridgehead atoms. The molecular weight excluding hydrogens is 381 g/mol. The van der Waals surface area contributed by atoms with Gasteiger partial charge >= 0.3 is 0 Å². The van der Waals surface area contributed by atoms with Gasteiger partial charge in [0.15, 0.2) is 0 Å². The molecule has 2 atom stereocenters. The third-order valence-corrected chi connectivity index (χ3v) is 5.45. The average Bonchev–Trinajstić information content (AvgIpc) is 2.71. The molecule has 0 aliphatic carbocycles. The molecule has 0 spiro atoms. The lowest BCUT2D eigenvalue weighted by Crippen LogP contribution is -2.51. The van der Waals surface area contributed by atoms with Crippen LogP contribution >= 0.6 is 11.6 Å². The minimum atomic E-state index is -1.33. The van der Waals surface area contributed by atoms with Gasteiger partial charge in [-0.15, -0.1) is 0 Å². The quantitative estimate of drug-likeness (QED) is 0.646. The molecule has 1 aliphatic heterocycles. The van der Waals surface area contributed by atoms with Crippen LogP contribution < -0.4 is 5.32 Å². The average molecular weight is 408 g/mol. The minimum Gasteiger partial charge on any atom is -0.385 e. The Bertz CT molecular complexity index is 782. The van der Waals surface area contributed by atoms with E-state index in [0.717, 1.165) is 19.4 Å². The molecule has 2 aromatic carbocycles. The van der Waals surface area contributed by atoms with E-state index < -0.39 is 11.7 Å². The highest BCUT2D eigenvalue weighted by Gasteiger charge is 2.42. The topological polar surface area (TPSA) is 50.7 Å². The molecule has 2 aromatic rings. The maximum Gasteiger partial charge on any atom is 0.131 e. The van der Waals surface area contributed by atoms with Crippen LogP contribution in [-0.2, 0) is 15.1 Å². The summed E-state index contributed by atoms with van der Waals surface area (Å²) >= 11 is 6.15. The molecule has 1 fully saturated rings. The highest BCUT2D eigenvalue weighted by Crippen LogP contribution is 2.40. The standard InChI is InChI=1S/C22H27ClFNO3/c1-27-12-3-2-10-22(26,20-15-25-11-13-28-20)18-8-5-9-19(24)21(18)16-6-4-7-17(23)14-16/h4-9,14,20,25-26H,2-3,10-13,15H2,1H3/t20-,22?/m1/s1. The maximum atomic E-state index is 15.0. The van der Waals surface area contributed by atoms with E-state index in [1.807, 2.05) is 0 Å². The fourth-order valence-electron chi connectivity index (χ4n) is 3.80. The summed E-state index contributed by atoms with van der Waals surface area (Å²) in [4.78, 5) is 0. The number of rotatable bonds is 8. The predicted molar refractivity (Wildman–Crippen MR) is 109 cm³/mol. The number of ether oxygens (including phenoxy) is 2. The van der Waals surface area contributed by atoms with E-state index in [1.165, 1.54) is 6.07 Å². The van der Waals surface area contributed by atoms with Crippen molar-refractivity contribution in [2.45, 2.75) is 31.0 Å². The van der Waals surface area contributed by atoms with E-state index in [1.54, 1.807) is 43.5 Å². The van der Waals surface area contributed by atoms with Gasteiger partial charge in [-0.05, 0) is 48.6 Å². The molecular formula is C22H27ClFNO3. The Morgan fingerprint density at radius 1 is 1.29 bits per heavy atom. The van der Waals surface area contributed by atoms with Gasteiger partial charge in [-0.2, -0.15) is 0 Å². The first-order chi connectivity index (χ1) is 13.6. The zero-order valence-corrected chi connectivity index (χ0v) is 16.8. The number of morpholine rings is 1. The summed E-state index contributed by atoms with van der Waals surface area (Å²) in [6, 6.07) is 11.9. The van der Waals surface area contributed by atoms with Crippen molar-refractivity contribution in [3.63, 3.8) is 0 Å². The number of methoxy groups -OCH3 is 1. The number of hydrogen-bond acceptors (Lipinski definition) is 4. The zero-order chi connectivity index (χ0) is 20.0. The summed E-state index contributed by atoms with van der Waals surface area (Å²) < 4.78 is 26.0. The molecule has 4 nitrogen and oxygen atoms in total. The Labute approximate surface area is 170 Å². The SMILES string of the molecule is COCCCCC(O)(c1cccc(F)c1-c1cccc(Cl)c1)[C@H]1CNCCO1. The molecule has 1 aliphatic rings. The van der Waals surface area contributed by atoms with Crippen molar-refractivity contribution in [3.05, 3.63) is 58.9 Å². The van der Waals surface area contributed by atoms with Gasteiger partial charge in [0, 0.05) is 37.4 Å². The predicted octanol–water partition coefficient (Wildman–Crippen LogP) is 4.14. The van der Waals surface area contributed by atoms with Gasteiger partial charge < -0.3 is 19.9 Å². The monoisotopic (exact) mass is 407 g/mol. The first kappa shape index (κ1) is 21.2. The van der Waals surface area contributed by atoms with Gasteiger partial charge in [-0.3, -0.25) is 0 Å². The number of benzene rings is 2. The molecule has 0 aromatic heterocycles. The van der Waals surface area contributed by atoms with Gasteiger partial charge in [-0.25, -0.2) is 4.39 Å². The molecule has 0 amide bonds. The summed E-state index contributed by atoms with van der Waals surface area (Å²) in [5, 5.41) is 15.6. The molecule has 1 saturated heterocycles. The van der Waals surface area contributed by atoms with Crippen molar-refractivity contribution in [1.29, 1.82) is 0 Å². The summed E-state index contributed by atoms with van der Waals surface area (Å²) in [5.41, 5.74) is 0.204. The van der Waals surface area contributed by atoms with Crippen LogP contribution in [0.3, 0.4) is 0 Å². The zero-order valence-electron chi connectivity index (χ0n) is 16.1. The second-order valence-electron chi connectivity index (χ2n) is 7.11. The smallest absolute Gasteiger partial charge is 0.131 e. The lowest BCUT2D eigenvalue weighted by molar-refractivity contribution is -0.129. The normalized spacial score (nSPS) is 19.4. The number of halogens is 2. The third kappa shape index (κ3) is 4.73. The van der Waals surface area contributed by atoms with E-state index in [2.05, 4.69) is 5.32 Å². The third-order valence-electron chi connectivity index (χ3n) is 5.21. The number of aliphatic hydroxyl groups is 1. The molecule has 0 saturated carbocycles. The molecule has 28 heavy (non-hydrogen) atoms. The van der Waals surface area contributed by atoms with Crippen LogP contribution in [0.5, 0.6) is 0 Å². The maximum absolute atomic E-state index is 15.0. The first-order valence-electron chi connectivity index (χ1n) is 9.65. The largest absolute Gasteiger partial charge is 0.385 e. The fourth-order valence-corrected chi connectivity index (χ4v) is 3.99. The molecule has 3 rings (SSSR count). The molecule has 6 heteroatoms. The van der Waals surface area contributed by atoms with Crippen molar-refractivity contribution in [3.8, 4) is 11.1 Å². The van der Waals surface area contributed by atoms with E-state index in [0.29, 0.717) is 47.9 Å². The minimum absolute atomic E-state index is 0.369. The van der Waals surface area contributed by atoms with Crippen LogP contribution in [0.25, 0.3) is 11.1 Å². The number of unbranched alkanes of at least 4 members (excludes halogenated alkanes) is 1. The Morgan fingerprint density at radius 2 is 2.11 bits per heavy atom. The Hall–Kier alpha value is -1.50. The Morgan fingerprint density at radius 3 is 2.82 bits per heavy atom. The molecule has 152 valence electrons. The second kappa shape index (κ2) is 9.81. The van der Waals surface area contributed by atoms with Gasteiger partial charge in [-0.1, -0.05) is 35.9 Å². The highest BCUT2D eigenvalue weighted by atomic mass is 35.5. The molecule has 0 radical (unpaired) electrons. The summed E-state index contributed by atoms with van der Waals surface area (Å²) in [6.07, 6.45) is 1.51. The Kier molecular flexibility index (Phi) is 7.43. The van der Waals surface area contributed by atoms with E-state index in [-0.39, 0.29) is 5.82 Å². The van der Waals surface area contributed by atoms with Gasteiger partial charge in [0.05, 0.1) is 6.61 Å². The van der Waals surface area contributed by atoms with Gasteiger partial charge in [0.2, 0.25) is 0 Å².